The Morgan fingerprint density at radius 3 is 2.11 bits per heavy atom. The van der Waals surface area contributed by atoms with E-state index < -0.39 is 36.1 Å². The van der Waals surface area contributed by atoms with E-state index in [1.807, 2.05) is 70.2 Å². The SMILES string of the molecule is CC(C)(C)OC(=O)N[C@@H](CSCc1ccccc1)C(=O)Nc1ccc(B2OC(C)(C)C(C)(C)O2)cc1. The molecule has 0 aliphatic carbocycles. The molecular weight excluding hydrogens is 475 g/mol. The van der Waals surface area contributed by atoms with Crippen molar-refractivity contribution in [1.29, 1.82) is 0 Å². The summed E-state index contributed by atoms with van der Waals surface area (Å²) < 4.78 is 17.6. The van der Waals surface area contributed by atoms with Gasteiger partial charge in [0.25, 0.3) is 0 Å². The third-order valence-corrected chi connectivity index (χ3v) is 7.21. The Balaban J connectivity index is 1.64. The van der Waals surface area contributed by atoms with E-state index in [9.17, 15) is 9.59 Å². The lowest BCUT2D eigenvalue weighted by atomic mass is 9.79. The minimum atomic E-state index is -0.767. The second-order valence-corrected chi connectivity index (χ2v) is 11.9. The van der Waals surface area contributed by atoms with Crippen LogP contribution >= 0.6 is 11.8 Å². The van der Waals surface area contributed by atoms with Gasteiger partial charge in [-0.15, -0.1) is 0 Å². The molecule has 9 heteroatoms. The first-order chi connectivity index (χ1) is 16.8. The summed E-state index contributed by atoms with van der Waals surface area (Å²) in [6.45, 7) is 13.4. The van der Waals surface area contributed by atoms with Crippen molar-refractivity contribution in [2.45, 2.75) is 77.1 Å². The molecule has 2 amide bonds. The molecule has 2 aromatic rings. The summed E-state index contributed by atoms with van der Waals surface area (Å²) >= 11 is 1.57. The minimum Gasteiger partial charge on any atom is -0.444 e. The number of anilines is 1. The van der Waals surface area contributed by atoms with E-state index in [1.165, 1.54) is 0 Å². The van der Waals surface area contributed by atoms with Crippen LogP contribution in [0.4, 0.5) is 10.5 Å². The van der Waals surface area contributed by atoms with Crippen molar-refractivity contribution in [3.05, 3.63) is 60.2 Å². The van der Waals surface area contributed by atoms with Crippen LogP contribution in [-0.4, -0.2) is 47.7 Å². The number of hydrogen-bond donors (Lipinski definition) is 2. The van der Waals surface area contributed by atoms with Crippen LogP contribution < -0.4 is 16.1 Å². The maximum atomic E-state index is 13.1. The summed E-state index contributed by atoms with van der Waals surface area (Å²) in [5, 5.41) is 5.62. The van der Waals surface area contributed by atoms with Crippen LogP contribution in [0.15, 0.2) is 54.6 Å². The monoisotopic (exact) mass is 512 g/mol. The van der Waals surface area contributed by atoms with Crippen LogP contribution in [0.1, 0.15) is 54.0 Å². The van der Waals surface area contributed by atoms with Crippen LogP contribution in [0.5, 0.6) is 0 Å². The first-order valence-electron chi connectivity index (χ1n) is 12.1. The molecule has 1 saturated heterocycles. The number of carbonyl (C=O) groups is 2. The zero-order valence-corrected chi connectivity index (χ0v) is 23.0. The second-order valence-electron chi connectivity index (χ2n) is 10.9. The van der Waals surface area contributed by atoms with Gasteiger partial charge in [-0.25, -0.2) is 4.79 Å². The molecule has 0 saturated carbocycles. The van der Waals surface area contributed by atoms with Gasteiger partial charge in [-0.3, -0.25) is 4.79 Å². The Kier molecular flexibility index (Phi) is 8.80. The van der Waals surface area contributed by atoms with Gasteiger partial charge in [0.05, 0.1) is 11.2 Å². The molecule has 194 valence electrons. The van der Waals surface area contributed by atoms with Crippen molar-refractivity contribution >= 4 is 42.0 Å². The van der Waals surface area contributed by atoms with E-state index >= 15 is 0 Å². The first kappa shape index (κ1) is 28.1. The highest BCUT2D eigenvalue weighted by molar-refractivity contribution is 7.98. The highest BCUT2D eigenvalue weighted by atomic mass is 32.2. The van der Waals surface area contributed by atoms with Crippen molar-refractivity contribution < 1.29 is 23.6 Å². The van der Waals surface area contributed by atoms with Crippen LogP contribution in [0, 0.1) is 0 Å². The Labute approximate surface area is 219 Å². The van der Waals surface area contributed by atoms with E-state index in [-0.39, 0.29) is 5.91 Å². The van der Waals surface area contributed by atoms with Gasteiger partial charge in [0, 0.05) is 17.2 Å². The van der Waals surface area contributed by atoms with Crippen LogP contribution in [-0.2, 0) is 24.6 Å². The lowest BCUT2D eigenvalue weighted by Crippen LogP contribution is -2.47. The Morgan fingerprint density at radius 2 is 1.56 bits per heavy atom. The van der Waals surface area contributed by atoms with Crippen LogP contribution in [0.3, 0.4) is 0 Å². The van der Waals surface area contributed by atoms with Crippen LogP contribution in [0.2, 0.25) is 0 Å². The van der Waals surface area contributed by atoms with Crippen molar-refractivity contribution in [3.63, 3.8) is 0 Å². The van der Waals surface area contributed by atoms with Crippen molar-refractivity contribution in [2.24, 2.45) is 0 Å². The molecule has 1 fully saturated rings. The second kappa shape index (κ2) is 11.3. The summed E-state index contributed by atoms with van der Waals surface area (Å²) in [6, 6.07) is 16.6. The number of benzene rings is 2. The predicted octanol–water partition coefficient (Wildman–Crippen LogP) is 4.75. The van der Waals surface area contributed by atoms with Gasteiger partial charge in [-0.1, -0.05) is 42.5 Å². The zero-order valence-electron chi connectivity index (χ0n) is 22.2. The van der Waals surface area contributed by atoms with E-state index in [1.54, 1.807) is 44.7 Å². The fourth-order valence-electron chi connectivity index (χ4n) is 3.43. The third-order valence-electron chi connectivity index (χ3n) is 6.11. The summed E-state index contributed by atoms with van der Waals surface area (Å²) in [6.07, 6.45) is -0.626. The smallest absolute Gasteiger partial charge is 0.444 e. The molecule has 36 heavy (non-hydrogen) atoms. The molecule has 2 aromatic carbocycles. The molecule has 1 aliphatic rings. The van der Waals surface area contributed by atoms with E-state index in [0.29, 0.717) is 11.4 Å². The Morgan fingerprint density at radius 1 is 0.972 bits per heavy atom. The molecule has 0 spiro atoms. The highest BCUT2D eigenvalue weighted by Crippen LogP contribution is 2.36. The minimum absolute atomic E-state index is 0.315. The Bertz CT molecular complexity index is 1020. The number of nitrogens with one attached hydrogen (secondary N) is 2. The summed E-state index contributed by atoms with van der Waals surface area (Å²) in [7, 11) is -0.476. The van der Waals surface area contributed by atoms with E-state index in [4.69, 9.17) is 14.0 Å². The fraction of sp³-hybridized carbons (Fsp3) is 0.481. The number of amides is 2. The molecule has 1 atom stereocenters. The average Bonchev–Trinajstić information content (AvgIpc) is 3.00. The van der Waals surface area contributed by atoms with Gasteiger partial charge < -0.3 is 24.7 Å². The number of ether oxygens (including phenoxy) is 1. The summed E-state index contributed by atoms with van der Waals surface area (Å²) in [4.78, 5) is 25.5. The first-order valence-corrected chi connectivity index (χ1v) is 13.3. The molecule has 0 aromatic heterocycles. The summed E-state index contributed by atoms with van der Waals surface area (Å²) in [5.74, 6) is 0.805. The van der Waals surface area contributed by atoms with Crippen molar-refractivity contribution in [1.82, 2.24) is 5.32 Å². The number of alkyl carbamates (subject to hydrolysis) is 1. The molecule has 7 nitrogen and oxygen atoms in total. The number of thioether (sulfide) groups is 1. The fourth-order valence-corrected chi connectivity index (χ4v) is 4.45. The lowest BCUT2D eigenvalue weighted by Gasteiger charge is -2.32. The molecule has 0 radical (unpaired) electrons. The molecule has 0 unspecified atom stereocenters. The predicted molar refractivity (Wildman–Crippen MR) is 147 cm³/mol. The third kappa shape index (κ3) is 7.75. The van der Waals surface area contributed by atoms with Gasteiger partial charge in [0.2, 0.25) is 5.91 Å². The largest absolute Gasteiger partial charge is 0.494 e. The number of hydrogen-bond acceptors (Lipinski definition) is 6. The Hall–Kier alpha value is -2.49. The van der Waals surface area contributed by atoms with Gasteiger partial charge >= 0.3 is 13.2 Å². The number of carbonyl (C=O) groups excluding carboxylic acids is 2. The molecule has 1 aliphatic heterocycles. The standard InChI is InChI=1S/C27H37BN2O5S/c1-25(2,3)33-24(32)30-22(18-36-17-19-11-9-8-10-12-19)23(31)29-21-15-13-20(14-16-21)28-34-26(4,5)27(6,7)35-28/h8-16,22H,17-18H2,1-7H3,(H,29,31)(H,30,32)/t22-/m0/s1. The lowest BCUT2D eigenvalue weighted by molar-refractivity contribution is -0.117. The maximum Gasteiger partial charge on any atom is 0.494 e. The maximum absolute atomic E-state index is 13.1. The van der Waals surface area contributed by atoms with Gasteiger partial charge in [-0.2, -0.15) is 11.8 Å². The molecule has 0 bridgehead atoms. The topological polar surface area (TPSA) is 85.9 Å². The normalized spacial score (nSPS) is 17.4. The number of rotatable bonds is 8. The average molecular weight is 512 g/mol. The zero-order chi connectivity index (χ0) is 26.6. The summed E-state index contributed by atoms with van der Waals surface area (Å²) in [5.41, 5.74) is 1.12. The van der Waals surface area contributed by atoms with Gasteiger partial charge in [0.1, 0.15) is 11.6 Å². The highest BCUT2D eigenvalue weighted by Gasteiger charge is 2.51. The quantitative estimate of drug-likeness (QED) is 0.497. The van der Waals surface area contributed by atoms with Crippen LogP contribution in [0.25, 0.3) is 0 Å². The van der Waals surface area contributed by atoms with E-state index in [0.717, 1.165) is 16.8 Å². The van der Waals surface area contributed by atoms with Gasteiger partial charge in [0.15, 0.2) is 0 Å². The molecule has 3 rings (SSSR count). The molecule has 2 N–H and O–H groups in total. The van der Waals surface area contributed by atoms with Crippen molar-refractivity contribution in [3.8, 4) is 0 Å². The van der Waals surface area contributed by atoms with Crippen molar-refractivity contribution in [2.75, 3.05) is 11.1 Å². The molecular formula is C27H37BN2O5S. The van der Waals surface area contributed by atoms with Gasteiger partial charge in [-0.05, 0) is 71.6 Å². The van der Waals surface area contributed by atoms with E-state index in [2.05, 4.69) is 10.6 Å². The molecule has 1 heterocycles.